The lowest BCUT2D eigenvalue weighted by atomic mass is 9.47. The molecule has 0 spiro atoms. The summed E-state index contributed by atoms with van der Waals surface area (Å²) in [6, 6.07) is 0. The molecule has 0 aliphatic heterocycles. The van der Waals surface area contributed by atoms with Gasteiger partial charge in [-0.1, -0.05) is 27.7 Å². The molecule has 38 heavy (non-hydrogen) atoms. The van der Waals surface area contributed by atoms with Gasteiger partial charge in [-0.15, -0.1) is 0 Å². The van der Waals surface area contributed by atoms with Crippen molar-refractivity contribution in [3.8, 4) is 0 Å². The summed E-state index contributed by atoms with van der Waals surface area (Å²) in [5, 5.41) is 10.2. The van der Waals surface area contributed by atoms with Crippen LogP contribution < -0.4 is 17.2 Å². The summed E-state index contributed by atoms with van der Waals surface area (Å²) in [5.41, 5.74) is 17.6. The van der Waals surface area contributed by atoms with Crippen LogP contribution in [-0.2, 0) is 14.2 Å². The van der Waals surface area contributed by atoms with E-state index in [1.807, 2.05) is 0 Å². The van der Waals surface area contributed by atoms with Crippen molar-refractivity contribution in [2.45, 2.75) is 97.7 Å². The highest BCUT2D eigenvalue weighted by Crippen LogP contribution is 2.65. The zero-order valence-corrected chi connectivity index (χ0v) is 25.0. The maximum absolute atomic E-state index is 10.2. The van der Waals surface area contributed by atoms with Gasteiger partial charge in [-0.2, -0.15) is 0 Å². The number of hydrogen-bond acceptors (Lipinski definition) is 7. The fourth-order valence-corrected chi connectivity index (χ4v) is 8.86. The van der Waals surface area contributed by atoms with Gasteiger partial charge in [-0.3, -0.25) is 0 Å². The van der Waals surface area contributed by atoms with Crippen LogP contribution >= 0.6 is 0 Å². The molecule has 0 saturated heterocycles. The minimum Gasteiger partial charge on any atom is -0.396 e. The van der Waals surface area contributed by atoms with Gasteiger partial charge in [-0.05, 0) is 118 Å². The summed E-state index contributed by atoms with van der Waals surface area (Å²) in [4.78, 5) is 0. The van der Waals surface area contributed by atoms with Gasteiger partial charge in [0.05, 0.1) is 12.2 Å². The lowest BCUT2D eigenvalue weighted by molar-refractivity contribution is -0.184. The van der Waals surface area contributed by atoms with Crippen LogP contribution in [0.25, 0.3) is 0 Å². The maximum Gasteiger partial charge on any atom is 0.0637 e. The minimum atomic E-state index is 0.0390. The largest absolute Gasteiger partial charge is 0.396 e. The molecule has 3 aliphatic carbocycles. The van der Waals surface area contributed by atoms with Gasteiger partial charge < -0.3 is 36.5 Å². The topological polar surface area (TPSA) is 126 Å². The molecule has 0 radical (unpaired) electrons. The average molecular weight is 540 g/mol. The van der Waals surface area contributed by atoms with Crippen molar-refractivity contribution >= 4 is 0 Å². The van der Waals surface area contributed by atoms with Gasteiger partial charge in [0, 0.05) is 38.4 Å². The first-order valence-electron chi connectivity index (χ1n) is 15.8. The number of aliphatic hydroxyl groups is 1. The van der Waals surface area contributed by atoms with Crippen molar-refractivity contribution in [2.24, 2.45) is 63.5 Å². The molecule has 10 atom stereocenters. The molecule has 7 nitrogen and oxygen atoms in total. The van der Waals surface area contributed by atoms with Crippen molar-refractivity contribution in [3.05, 3.63) is 0 Å². The summed E-state index contributed by atoms with van der Waals surface area (Å²) < 4.78 is 19.4. The van der Waals surface area contributed by atoms with E-state index in [4.69, 9.17) is 31.4 Å². The number of hydrogen-bond donors (Lipinski definition) is 4. The number of ether oxygens (including phenoxy) is 3. The van der Waals surface area contributed by atoms with Crippen LogP contribution in [-0.4, -0.2) is 70.0 Å². The first-order chi connectivity index (χ1) is 18.3. The Bertz CT molecular complexity index is 684. The third kappa shape index (κ3) is 6.95. The van der Waals surface area contributed by atoms with Crippen LogP contribution in [0.15, 0.2) is 0 Å². The van der Waals surface area contributed by atoms with E-state index in [-0.39, 0.29) is 29.5 Å². The molecular formula is C31H61N3O4. The third-order valence-electron chi connectivity index (χ3n) is 11.3. The van der Waals surface area contributed by atoms with Gasteiger partial charge in [0.15, 0.2) is 0 Å². The smallest absolute Gasteiger partial charge is 0.0637 e. The van der Waals surface area contributed by atoms with Crippen LogP contribution in [0, 0.1) is 46.3 Å². The Morgan fingerprint density at radius 3 is 2.16 bits per heavy atom. The van der Waals surface area contributed by atoms with Crippen molar-refractivity contribution in [1.82, 2.24) is 0 Å². The zero-order chi connectivity index (χ0) is 27.8. The van der Waals surface area contributed by atoms with Gasteiger partial charge >= 0.3 is 0 Å². The Kier molecular flexibility index (Phi) is 12.8. The molecule has 0 amide bonds. The quantitative estimate of drug-likeness (QED) is 0.219. The van der Waals surface area contributed by atoms with E-state index < -0.39 is 0 Å². The molecule has 224 valence electrons. The van der Waals surface area contributed by atoms with Gasteiger partial charge in [0.25, 0.3) is 0 Å². The highest BCUT2D eigenvalue weighted by Gasteiger charge is 2.62. The summed E-state index contributed by atoms with van der Waals surface area (Å²) in [6.07, 6.45) is 10.1. The first-order valence-corrected chi connectivity index (χ1v) is 15.8. The Morgan fingerprint density at radius 2 is 1.53 bits per heavy atom. The fourth-order valence-electron chi connectivity index (χ4n) is 8.86. The van der Waals surface area contributed by atoms with Crippen molar-refractivity contribution in [2.75, 3.05) is 52.7 Å². The van der Waals surface area contributed by atoms with Crippen LogP contribution in [0.4, 0.5) is 0 Å². The Morgan fingerprint density at radius 1 is 0.868 bits per heavy atom. The molecule has 7 N–H and O–H groups in total. The van der Waals surface area contributed by atoms with E-state index in [1.54, 1.807) is 0 Å². The second kappa shape index (κ2) is 15.1. The lowest BCUT2D eigenvalue weighted by Crippen LogP contribution is -2.58. The summed E-state index contributed by atoms with van der Waals surface area (Å²) in [7, 11) is 0. The molecule has 0 aromatic carbocycles. The molecule has 3 saturated carbocycles. The summed E-state index contributed by atoms with van der Waals surface area (Å²) in [5.74, 6) is 2.86. The van der Waals surface area contributed by atoms with Crippen LogP contribution in [0.3, 0.4) is 0 Å². The highest BCUT2D eigenvalue weighted by atomic mass is 16.5. The van der Waals surface area contributed by atoms with Crippen molar-refractivity contribution in [3.63, 3.8) is 0 Å². The molecule has 3 aliphatic rings. The highest BCUT2D eigenvalue weighted by molar-refractivity contribution is 5.11. The van der Waals surface area contributed by atoms with E-state index in [2.05, 4.69) is 27.7 Å². The average Bonchev–Trinajstić information content (AvgIpc) is 3.27. The van der Waals surface area contributed by atoms with E-state index in [0.717, 1.165) is 71.4 Å². The standard InChI is InChI=1S/C31H61N3O4/c1-22(20-35)26-8-9-27-25(21-36-15-5-12-32)28(19-29(31(26,27)4)38-17-7-14-34)30(3)11-10-24(18-23(30)2)37-16-6-13-33/h22-29,35H,5-21,32-34H2,1-4H3/t22-,23?,24-,25?,26?,27+,28+,29+,30?,31?/m1/s1. The second-order valence-electron chi connectivity index (χ2n) is 13.4. The fraction of sp³-hybridized carbons (Fsp3) is 1.00. The van der Waals surface area contributed by atoms with E-state index in [9.17, 15) is 5.11 Å². The number of rotatable bonds is 16. The van der Waals surface area contributed by atoms with Crippen LogP contribution in [0.1, 0.15) is 85.5 Å². The van der Waals surface area contributed by atoms with Crippen LogP contribution in [0.5, 0.6) is 0 Å². The van der Waals surface area contributed by atoms with Gasteiger partial charge in [-0.25, -0.2) is 0 Å². The van der Waals surface area contributed by atoms with E-state index >= 15 is 0 Å². The maximum atomic E-state index is 10.2. The number of fused-ring (bicyclic) bond motifs is 1. The Balaban J connectivity index is 1.89. The second-order valence-corrected chi connectivity index (χ2v) is 13.4. The Labute approximate surface area is 233 Å². The molecule has 3 fully saturated rings. The third-order valence-corrected chi connectivity index (χ3v) is 11.3. The van der Waals surface area contributed by atoms with Gasteiger partial charge in [0.1, 0.15) is 0 Å². The number of aliphatic hydroxyl groups excluding tert-OH is 1. The van der Waals surface area contributed by atoms with Crippen molar-refractivity contribution in [1.29, 1.82) is 0 Å². The summed E-state index contributed by atoms with van der Waals surface area (Å²) >= 11 is 0. The first kappa shape index (κ1) is 32.2. The van der Waals surface area contributed by atoms with Gasteiger partial charge in [0.2, 0.25) is 0 Å². The normalized spacial score (nSPS) is 40.3. The molecule has 7 heteroatoms. The Hall–Kier alpha value is -0.280. The van der Waals surface area contributed by atoms with E-state index in [0.29, 0.717) is 55.3 Å². The minimum absolute atomic E-state index is 0.0390. The molecule has 0 aromatic rings. The predicted molar refractivity (Wildman–Crippen MR) is 155 cm³/mol. The molecule has 0 bridgehead atoms. The van der Waals surface area contributed by atoms with Crippen molar-refractivity contribution < 1.29 is 19.3 Å². The number of nitrogens with two attached hydrogens (primary N) is 3. The SMILES string of the molecule is CC1C[C@H](OCCCN)CCC1(C)[C@H]1C[C@H](OCCCN)C2(C)C([C@H](C)CO)CC[C@H]2C1COCCCN. The zero-order valence-electron chi connectivity index (χ0n) is 25.0. The van der Waals surface area contributed by atoms with Crippen LogP contribution in [0.2, 0.25) is 0 Å². The van der Waals surface area contributed by atoms with E-state index in [1.165, 1.54) is 12.8 Å². The molecule has 0 aromatic heterocycles. The molecule has 0 heterocycles. The monoisotopic (exact) mass is 539 g/mol. The predicted octanol–water partition coefficient (Wildman–Crippen LogP) is 3.94. The lowest BCUT2D eigenvalue weighted by Gasteiger charge is -2.60. The summed E-state index contributed by atoms with van der Waals surface area (Å²) in [6.45, 7) is 15.0. The molecular weight excluding hydrogens is 478 g/mol. The molecule has 3 rings (SSSR count). The molecule has 5 unspecified atom stereocenters.